The van der Waals surface area contributed by atoms with E-state index in [9.17, 15) is 9.18 Å². The molecule has 1 atom stereocenters. The van der Waals surface area contributed by atoms with Crippen LogP contribution in [0.1, 0.15) is 19.8 Å². The van der Waals surface area contributed by atoms with Gasteiger partial charge in [0.25, 0.3) is 0 Å². The fraction of sp³-hybridized carbons (Fsp3) is 0.500. The van der Waals surface area contributed by atoms with E-state index in [0.717, 1.165) is 19.4 Å². The smallest absolute Gasteiger partial charge is 0.236 e. The Bertz CT molecular complexity index is 433. The van der Waals surface area contributed by atoms with Crippen LogP contribution in [-0.4, -0.2) is 30.1 Å². The Kier molecular flexibility index (Phi) is 4.09. The highest BCUT2D eigenvalue weighted by Gasteiger charge is 2.15. The van der Waals surface area contributed by atoms with E-state index in [-0.39, 0.29) is 11.6 Å². The summed E-state index contributed by atoms with van der Waals surface area (Å²) in [6.45, 7) is 2.84. The number of rotatable bonds is 4. The van der Waals surface area contributed by atoms with Gasteiger partial charge in [-0.15, -0.1) is 0 Å². The molecule has 0 spiro atoms. The molecule has 1 fully saturated rings. The molecule has 0 aromatic carbocycles. The summed E-state index contributed by atoms with van der Waals surface area (Å²) in [5.74, 6) is -0.601. The van der Waals surface area contributed by atoms with Gasteiger partial charge in [-0.1, -0.05) is 0 Å². The maximum absolute atomic E-state index is 13.3. The monoisotopic (exact) mass is 253 g/mol. The molecule has 1 amide bonds. The zero-order valence-electron chi connectivity index (χ0n) is 10.2. The number of ether oxygens (including phenoxy) is 1. The van der Waals surface area contributed by atoms with E-state index >= 15 is 0 Å². The fourth-order valence-electron chi connectivity index (χ4n) is 1.88. The summed E-state index contributed by atoms with van der Waals surface area (Å²) >= 11 is 0. The fourth-order valence-corrected chi connectivity index (χ4v) is 1.88. The summed E-state index contributed by atoms with van der Waals surface area (Å²) in [6, 6.07) is 1.78. The van der Waals surface area contributed by atoms with Crippen molar-refractivity contribution in [1.82, 2.24) is 10.3 Å². The number of nitrogens with zero attached hydrogens (tertiary/aromatic N) is 1. The summed E-state index contributed by atoms with van der Waals surface area (Å²) in [5, 5.41) is 5.67. The first kappa shape index (κ1) is 12.8. The molecule has 1 saturated heterocycles. The summed E-state index contributed by atoms with van der Waals surface area (Å²) < 4.78 is 18.8. The van der Waals surface area contributed by atoms with Crippen LogP contribution in [0.25, 0.3) is 0 Å². The molecule has 2 rings (SSSR count). The zero-order chi connectivity index (χ0) is 13.0. The van der Waals surface area contributed by atoms with Crippen LogP contribution in [0.2, 0.25) is 0 Å². The molecule has 1 aliphatic rings. The van der Waals surface area contributed by atoms with Gasteiger partial charge in [-0.25, -0.2) is 4.98 Å². The number of nitrogens with one attached hydrogen (secondary N) is 2. The van der Waals surface area contributed by atoms with Gasteiger partial charge >= 0.3 is 0 Å². The normalized spacial score (nSPS) is 18.7. The molecule has 0 radical (unpaired) electrons. The quantitative estimate of drug-likeness (QED) is 0.794. The van der Waals surface area contributed by atoms with Crippen molar-refractivity contribution in [3.05, 3.63) is 18.2 Å². The Hall–Kier alpha value is -1.69. The number of anilines is 1. The minimum atomic E-state index is -0.712. The van der Waals surface area contributed by atoms with Crippen LogP contribution in [0.5, 0.6) is 5.75 Å². The number of pyridine rings is 1. The molecule has 0 aliphatic carbocycles. The van der Waals surface area contributed by atoms with E-state index < -0.39 is 5.95 Å². The molecule has 0 saturated carbocycles. The van der Waals surface area contributed by atoms with Gasteiger partial charge in [-0.05, 0) is 19.4 Å². The molecule has 5 nitrogen and oxygen atoms in total. The van der Waals surface area contributed by atoms with E-state index in [1.807, 2.05) is 0 Å². The van der Waals surface area contributed by atoms with Crippen molar-refractivity contribution >= 4 is 11.6 Å². The molecule has 0 unspecified atom stereocenters. The molecule has 98 valence electrons. The molecule has 0 bridgehead atoms. The van der Waals surface area contributed by atoms with Crippen molar-refractivity contribution in [2.24, 2.45) is 0 Å². The molecule has 1 aliphatic heterocycles. The van der Waals surface area contributed by atoms with E-state index in [1.165, 1.54) is 19.2 Å². The second-order valence-electron chi connectivity index (χ2n) is 4.29. The Balaban J connectivity index is 1.97. The minimum Gasteiger partial charge on any atom is -0.490 e. The van der Waals surface area contributed by atoms with Crippen molar-refractivity contribution in [2.75, 3.05) is 18.5 Å². The van der Waals surface area contributed by atoms with Crippen molar-refractivity contribution in [3.63, 3.8) is 0 Å². The molecule has 18 heavy (non-hydrogen) atoms. The molecule has 2 N–H and O–H groups in total. The summed E-state index contributed by atoms with van der Waals surface area (Å²) in [7, 11) is 0. The third kappa shape index (κ3) is 3.40. The van der Waals surface area contributed by atoms with E-state index in [2.05, 4.69) is 15.6 Å². The highest BCUT2D eigenvalue weighted by molar-refractivity contribution is 5.88. The standard InChI is InChI=1S/C12H16FN3O2/c1-8(17)16-11-5-10(6-15-12(11)13)18-7-9-3-2-4-14-9/h5-6,9,14H,2-4,7H2,1H3,(H,16,17)/t9-/m0/s1. The van der Waals surface area contributed by atoms with Gasteiger partial charge in [0.2, 0.25) is 11.9 Å². The van der Waals surface area contributed by atoms with Gasteiger partial charge in [-0.3, -0.25) is 4.79 Å². The summed E-state index contributed by atoms with van der Waals surface area (Å²) in [5.41, 5.74) is 0.0411. The lowest BCUT2D eigenvalue weighted by molar-refractivity contribution is -0.114. The number of hydrogen-bond donors (Lipinski definition) is 2. The lowest BCUT2D eigenvalue weighted by atomic mass is 10.2. The van der Waals surface area contributed by atoms with Gasteiger partial charge in [0.05, 0.1) is 6.20 Å². The van der Waals surface area contributed by atoms with Crippen molar-refractivity contribution in [1.29, 1.82) is 0 Å². The minimum absolute atomic E-state index is 0.0411. The Morgan fingerprint density at radius 3 is 3.22 bits per heavy atom. The zero-order valence-corrected chi connectivity index (χ0v) is 10.2. The molecule has 1 aromatic rings. The Labute approximate surface area is 105 Å². The lowest BCUT2D eigenvalue weighted by Crippen LogP contribution is -2.28. The predicted molar refractivity (Wildman–Crippen MR) is 65.0 cm³/mol. The summed E-state index contributed by atoms with van der Waals surface area (Å²) in [4.78, 5) is 14.4. The first-order chi connectivity index (χ1) is 8.65. The topological polar surface area (TPSA) is 63.2 Å². The first-order valence-electron chi connectivity index (χ1n) is 5.94. The maximum Gasteiger partial charge on any atom is 0.236 e. The highest BCUT2D eigenvalue weighted by Crippen LogP contribution is 2.19. The SMILES string of the molecule is CC(=O)Nc1cc(OC[C@@H]2CCCN2)cnc1F. The highest BCUT2D eigenvalue weighted by atomic mass is 19.1. The molecular formula is C12H16FN3O2. The average molecular weight is 253 g/mol. The van der Waals surface area contributed by atoms with Gasteiger partial charge in [0.15, 0.2) is 0 Å². The number of carbonyl (C=O) groups is 1. The lowest BCUT2D eigenvalue weighted by Gasteiger charge is -2.12. The van der Waals surface area contributed by atoms with Gasteiger partial charge in [0.1, 0.15) is 18.0 Å². The van der Waals surface area contributed by atoms with Crippen LogP contribution in [0.4, 0.5) is 10.1 Å². The number of amides is 1. The van der Waals surface area contributed by atoms with Gasteiger partial charge < -0.3 is 15.4 Å². The van der Waals surface area contributed by atoms with Crippen molar-refractivity contribution < 1.29 is 13.9 Å². The van der Waals surface area contributed by atoms with Crippen LogP contribution in [0.3, 0.4) is 0 Å². The Morgan fingerprint density at radius 1 is 1.72 bits per heavy atom. The number of carbonyl (C=O) groups excluding carboxylic acids is 1. The average Bonchev–Trinajstić information content (AvgIpc) is 2.82. The molecule has 6 heteroatoms. The van der Waals surface area contributed by atoms with Crippen LogP contribution in [-0.2, 0) is 4.79 Å². The second kappa shape index (κ2) is 5.77. The largest absolute Gasteiger partial charge is 0.490 e. The van der Waals surface area contributed by atoms with Crippen LogP contribution < -0.4 is 15.4 Å². The maximum atomic E-state index is 13.3. The van der Waals surface area contributed by atoms with Gasteiger partial charge in [0, 0.05) is 19.0 Å². The first-order valence-corrected chi connectivity index (χ1v) is 5.94. The van der Waals surface area contributed by atoms with Crippen molar-refractivity contribution in [3.8, 4) is 5.75 Å². The third-order valence-electron chi connectivity index (χ3n) is 2.74. The molecular weight excluding hydrogens is 237 g/mol. The number of hydrogen-bond acceptors (Lipinski definition) is 4. The van der Waals surface area contributed by atoms with E-state index in [0.29, 0.717) is 18.4 Å². The van der Waals surface area contributed by atoms with E-state index in [4.69, 9.17) is 4.74 Å². The predicted octanol–water partition coefficient (Wildman–Crippen LogP) is 1.31. The number of halogens is 1. The summed E-state index contributed by atoms with van der Waals surface area (Å²) in [6.07, 6.45) is 3.54. The van der Waals surface area contributed by atoms with Crippen molar-refractivity contribution in [2.45, 2.75) is 25.8 Å². The Morgan fingerprint density at radius 2 is 2.56 bits per heavy atom. The van der Waals surface area contributed by atoms with Gasteiger partial charge in [-0.2, -0.15) is 4.39 Å². The third-order valence-corrected chi connectivity index (χ3v) is 2.74. The van der Waals surface area contributed by atoms with E-state index in [1.54, 1.807) is 0 Å². The van der Waals surface area contributed by atoms with Crippen LogP contribution in [0, 0.1) is 5.95 Å². The molecule has 2 heterocycles. The molecule has 1 aromatic heterocycles. The second-order valence-corrected chi connectivity index (χ2v) is 4.29. The van der Waals surface area contributed by atoms with Crippen LogP contribution >= 0.6 is 0 Å². The number of aromatic nitrogens is 1. The van der Waals surface area contributed by atoms with Crippen LogP contribution in [0.15, 0.2) is 12.3 Å².